The Labute approximate surface area is 161 Å². The van der Waals surface area contributed by atoms with Crippen molar-refractivity contribution >= 4 is 34.2 Å². The highest BCUT2D eigenvalue weighted by molar-refractivity contribution is 6.33. The molecule has 4 nitrogen and oxygen atoms in total. The fraction of sp³-hybridized carbons (Fsp3) is 0.250. The van der Waals surface area contributed by atoms with Gasteiger partial charge in [0.15, 0.2) is 5.43 Å². The number of fused-ring (bicyclic) bond motifs is 1. The van der Waals surface area contributed by atoms with E-state index in [1.807, 2.05) is 24.3 Å². The van der Waals surface area contributed by atoms with E-state index in [0.717, 1.165) is 31.7 Å². The normalized spacial score (nSPS) is 15.5. The summed E-state index contributed by atoms with van der Waals surface area (Å²) in [5.41, 5.74) is 2.08. The Morgan fingerprint density at radius 1 is 1.08 bits per heavy atom. The van der Waals surface area contributed by atoms with Crippen LogP contribution in [0.1, 0.15) is 5.56 Å². The van der Waals surface area contributed by atoms with Crippen LogP contribution in [0.2, 0.25) is 10.0 Å². The van der Waals surface area contributed by atoms with Crippen molar-refractivity contribution in [3.63, 3.8) is 0 Å². The number of halogens is 2. The molecule has 0 saturated carbocycles. The first kappa shape index (κ1) is 17.6. The van der Waals surface area contributed by atoms with Crippen LogP contribution in [0.3, 0.4) is 0 Å². The van der Waals surface area contributed by atoms with Crippen molar-refractivity contribution < 1.29 is 4.42 Å². The van der Waals surface area contributed by atoms with Crippen molar-refractivity contribution in [3.8, 4) is 11.3 Å². The summed E-state index contributed by atoms with van der Waals surface area (Å²) in [6.45, 7) is 4.49. The van der Waals surface area contributed by atoms with Crippen LogP contribution in [0.4, 0.5) is 0 Å². The van der Waals surface area contributed by atoms with Gasteiger partial charge in [0, 0.05) is 54.9 Å². The highest BCUT2D eigenvalue weighted by atomic mass is 35.5. The molecule has 2 heterocycles. The number of rotatable bonds is 3. The minimum atomic E-state index is -0.120. The predicted molar refractivity (Wildman–Crippen MR) is 106 cm³/mol. The lowest BCUT2D eigenvalue weighted by molar-refractivity contribution is 0.233. The monoisotopic (exact) mass is 388 g/mol. The van der Waals surface area contributed by atoms with Crippen LogP contribution in [-0.2, 0) is 6.54 Å². The van der Waals surface area contributed by atoms with E-state index in [2.05, 4.69) is 10.2 Å². The predicted octanol–water partition coefficient (Wildman–Crippen LogP) is 4.17. The van der Waals surface area contributed by atoms with Crippen molar-refractivity contribution in [1.82, 2.24) is 10.2 Å². The Kier molecular flexibility index (Phi) is 5.00. The van der Waals surface area contributed by atoms with Gasteiger partial charge in [0.25, 0.3) is 0 Å². The van der Waals surface area contributed by atoms with Crippen LogP contribution in [0, 0.1) is 0 Å². The van der Waals surface area contributed by atoms with Gasteiger partial charge in [-0.25, -0.2) is 0 Å². The molecular formula is C20H18Cl2N2O2. The molecule has 1 saturated heterocycles. The van der Waals surface area contributed by atoms with E-state index in [0.29, 0.717) is 38.9 Å². The van der Waals surface area contributed by atoms with Crippen molar-refractivity contribution in [2.45, 2.75) is 6.54 Å². The number of piperazine rings is 1. The topological polar surface area (TPSA) is 45.5 Å². The Morgan fingerprint density at radius 2 is 1.85 bits per heavy atom. The molecule has 0 bridgehead atoms. The van der Waals surface area contributed by atoms with E-state index in [1.165, 1.54) is 6.07 Å². The molecule has 1 N–H and O–H groups in total. The zero-order valence-corrected chi connectivity index (χ0v) is 15.6. The van der Waals surface area contributed by atoms with E-state index in [4.69, 9.17) is 27.6 Å². The third-order valence-corrected chi connectivity index (χ3v) is 5.16. The molecule has 2 aromatic carbocycles. The lowest BCUT2D eigenvalue weighted by atomic mass is 10.1. The second-order valence-corrected chi connectivity index (χ2v) is 7.27. The number of nitrogens with one attached hydrogen (secondary N) is 1. The van der Waals surface area contributed by atoms with Crippen LogP contribution >= 0.6 is 23.2 Å². The Bertz CT molecular complexity index is 1010. The van der Waals surface area contributed by atoms with E-state index in [9.17, 15) is 4.79 Å². The van der Waals surface area contributed by atoms with E-state index in [-0.39, 0.29) is 5.43 Å². The zero-order chi connectivity index (χ0) is 18.1. The maximum Gasteiger partial charge on any atom is 0.193 e. The second-order valence-electron chi connectivity index (χ2n) is 6.42. The summed E-state index contributed by atoms with van der Waals surface area (Å²) in [4.78, 5) is 15.0. The first-order valence-electron chi connectivity index (χ1n) is 8.56. The van der Waals surface area contributed by atoms with Gasteiger partial charge in [-0.05, 0) is 24.3 Å². The Hall–Kier alpha value is -1.85. The average molecular weight is 389 g/mol. The molecule has 0 aliphatic carbocycles. The van der Waals surface area contributed by atoms with Gasteiger partial charge in [0.1, 0.15) is 11.3 Å². The molecule has 1 aliphatic rings. The van der Waals surface area contributed by atoms with Gasteiger partial charge in [0.2, 0.25) is 0 Å². The summed E-state index contributed by atoms with van der Waals surface area (Å²) in [5.74, 6) is 0.469. The van der Waals surface area contributed by atoms with Crippen LogP contribution in [0.15, 0.2) is 51.7 Å². The minimum Gasteiger partial charge on any atom is -0.455 e. The van der Waals surface area contributed by atoms with E-state index in [1.54, 1.807) is 12.1 Å². The van der Waals surface area contributed by atoms with Gasteiger partial charge < -0.3 is 9.73 Å². The molecule has 1 fully saturated rings. The van der Waals surface area contributed by atoms with Crippen LogP contribution in [-0.4, -0.2) is 31.1 Å². The van der Waals surface area contributed by atoms with Crippen molar-refractivity contribution in [2.75, 3.05) is 26.2 Å². The molecule has 1 aromatic heterocycles. The average Bonchev–Trinajstić information content (AvgIpc) is 2.64. The number of hydrogen-bond acceptors (Lipinski definition) is 4. The van der Waals surface area contributed by atoms with Crippen molar-refractivity contribution in [2.24, 2.45) is 0 Å². The first-order valence-corrected chi connectivity index (χ1v) is 9.32. The smallest absolute Gasteiger partial charge is 0.193 e. The number of hydrogen-bond donors (Lipinski definition) is 1. The molecular weight excluding hydrogens is 371 g/mol. The lowest BCUT2D eigenvalue weighted by Crippen LogP contribution is -2.42. The standard InChI is InChI=1S/C20H18Cl2N2O2/c21-14-9-13(12-24-7-5-23-6-8-24)20-16(10-14)18(25)11-19(26-20)15-3-1-2-4-17(15)22/h1-4,9-11,23H,5-8,12H2. The van der Waals surface area contributed by atoms with Crippen molar-refractivity contribution in [1.29, 1.82) is 0 Å². The fourth-order valence-corrected chi connectivity index (χ4v) is 3.78. The third-order valence-electron chi connectivity index (χ3n) is 4.61. The SMILES string of the molecule is O=c1cc(-c2ccccc2Cl)oc2c(CN3CCNCC3)cc(Cl)cc12. The maximum absolute atomic E-state index is 12.7. The molecule has 0 spiro atoms. The van der Waals surface area contributed by atoms with Gasteiger partial charge in [-0.2, -0.15) is 0 Å². The van der Waals surface area contributed by atoms with Gasteiger partial charge in [-0.15, -0.1) is 0 Å². The first-order chi connectivity index (χ1) is 12.6. The summed E-state index contributed by atoms with van der Waals surface area (Å²) < 4.78 is 6.15. The highest BCUT2D eigenvalue weighted by Gasteiger charge is 2.17. The van der Waals surface area contributed by atoms with Gasteiger partial charge in [-0.1, -0.05) is 35.3 Å². The second kappa shape index (κ2) is 7.41. The Balaban J connectivity index is 1.85. The number of nitrogens with zero attached hydrogens (tertiary/aromatic N) is 1. The molecule has 0 unspecified atom stereocenters. The molecule has 26 heavy (non-hydrogen) atoms. The molecule has 0 radical (unpaired) electrons. The Morgan fingerprint density at radius 3 is 2.62 bits per heavy atom. The largest absolute Gasteiger partial charge is 0.455 e. The van der Waals surface area contributed by atoms with Crippen LogP contribution in [0.5, 0.6) is 0 Å². The quantitative estimate of drug-likeness (QED) is 0.730. The lowest BCUT2D eigenvalue weighted by Gasteiger charge is -2.27. The van der Waals surface area contributed by atoms with Crippen LogP contribution in [0.25, 0.3) is 22.3 Å². The molecule has 6 heteroatoms. The third kappa shape index (κ3) is 3.51. The summed E-state index contributed by atoms with van der Waals surface area (Å²) in [6.07, 6.45) is 0. The van der Waals surface area contributed by atoms with Gasteiger partial charge >= 0.3 is 0 Å². The minimum absolute atomic E-state index is 0.120. The molecule has 4 rings (SSSR count). The summed E-state index contributed by atoms with van der Waals surface area (Å²) >= 11 is 12.5. The molecule has 0 amide bonds. The maximum atomic E-state index is 12.7. The number of benzene rings is 2. The summed E-state index contributed by atoms with van der Waals surface area (Å²) in [5, 5.41) is 4.93. The zero-order valence-electron chi connectivity index (χ0n) is 14.1. The molecule has 3 aromatic rings. The highest BCUT2D eigenvalue weighted by Crippen LogP contribution is 2.31. The van der Waals surface area contributed by atoms with Gasteiger partial charge in [0.05, 0.1) is 10.4 Å². The molecule has 1 aliphatic heterocycles. The van der Waals surface area contributed by atoms with Gasteiger partial charge in [-0.3, -0.25) is 9.69 Å². The van der Waals surface area contributed by atoms with E-state index >= 15 is 0 Å². The van der Waals surface area contributed by atoms with Crippen LogP contribution < -0.4 is 10.7 Å². The summed E-state index contributed by atoms with van der Waals surface area (Å²) in [7, 11) is 0. The van der Waals surface area contributed by atoms with Crippen molar-refractivity contribution in [3.05, 3.63) is 68.3 Å². The van der Waals surface area contributed by atoms with E-state index < -0.39 is 0 Å². The molecule has 134 valence electrons. The summed E-state index contributed by atoms with van der Waals surface area (Å²) in [6, 6.07) is 12.4. The molecule has 0 atom stereocenters. The fourth-order valence-electron chi connectivity index (χ4n) is 3.31.